The molecule has 1 aliphatic carbocycles. The Morgan fingerprint density at radius 2 is 1.84 bits per heavy atom. The molecule has 0 unspecified atom stereocenters. The van der Waals surface area contributed by atoms with Crippen LogP contribution in [0.25, 0.3) is 0 Å². The topological polar surface area (TPSA) is 113 Å². The van der Waals surface area contributed by atoms with Gasteiger partial charge in [0, 0.05) is 29.8 Å². The zero-order valence-corrected chi connectivity index (χ0v) is 18.3. The number of anilines is 1. The fourth-order valence-electron chi connectivity index (χ4n) is 4.70. The van der Waals surface area contributed by atoms with Crippen LogP contribution in [0.5, 0.6) is 0 Å². The zero-order chi connectivity index (χ0) is 23.2. The number of hydrogen-bond acceptors (Lipinski definition) is 6. The Hall–Kier alpha value is -3.92. The van der Waals surface area contributed by atoms with E-state index in [9.17, 15) is 20.2 Å². The smallest absolute Gasteiger partial charge is 0.271 e. The Bertz CT molecular complexity index is 1270. The molecule has 1 atom stereocenters. The Balaban J connectivity index is 2.03. The minimum absolute atomic E-state index is 0.00881. The second-order valence-corrected chi connectivity index (χ2v) is 8.40. The summed E-state index contributed by atoms with van der Waals surface area (Å²) in [6.45, 7) is 5.77. The van der Waals surface area contributed by atoms with Gasteiger partial charge in [-0.15, -0.1) is 0 Å². The molecule has 2 aromatic carbocycles. The van der Waals surface area contributed by atoms with E-state index in [1.165, 1.54) is 12.1 Å². The Morgan fingerprint density at radius 1 is 1.12 bits per heavy atom. The molecular weight excluding hydrogens is 404 g/mol. The van der Waals surface area contributed by atoms with Crippen molar-refractivity contribution in [1.29, 1.82) is 5.26 Å². The molecule has 1 aliphatic heterocycles. The number of benzene rings is 2. The number of nitro groups is 1. The van der Waals surface area contributed by atoms with Crippen LogP contribution < -0.4 is 10.6 Å². The number of allylic oxidation sites excluding steroid dienone is 3. The van der Waals surface area contributed by atoms with Crippen molar-refractivity contribution in [2.75, 3.05) is 4.90 Å². The predicted octanol–water partition coefficient (Wildman–Crippen LogP) is 4.82. The van der Waals surface area contributed by atoms with E-state index in [0.29, 0.717) is 36.1 Å². The highest BCUT2D eigenvalue weighted by molar-refractivity contribution is 6.01. The molecule has 0 bridgehead atoms. The van der Waals surface area contributed by atoms with E-state index < -0.39 is 10.8 Å². The summed E-state index contributed by atoms with van der Waals surface area (Å²) in [4.78, 5) is 25.9. The molecule has 0 aromatic heterocycles. The number of carbonyl (C=O) groups excluding carboxylic acids is 1. The third kappa shape index (κ3) is 3.34. The van der Waals surface area contributed by atoms with Crippen LogP contribution in [0.4, 0.5) is 11.4 Å². The van der Waals surface area contributed by atoms with E-state index in [-0.39, 0.29) is 17.3 Å². The van der Waals surface area contributed by atoms with Crippen LogP contribution in [0.1, 0.15) is 47.4 Å². The fourth-order valence-corrected chi connectivity index (χ4v) is 4.70. The number of nitrogens with zero attached hydrogens (tertiary/aromatic N) is 3. The Morgan fingerprint density at radius 3 is 2.53 bits per heavy atom. The highest BCUT2D eigenvalue weighted by atomic mass is 16.6. The zero-order valence-electron chi connectivity index (χ0n) is 18.3. The molecule has 162 valence electrons. The van der Waals surface area contributed by atoms with Crippen molar-refractivity contribution in [1.82, 2.24) is 0 Å². The molecule has 2 N–H and O–H groups in total. The summed E-state index contributed by atoms with van der Waals surface area (Å²) in [6, 6.07) is 12.8. The number of ketones is 1. The van der Waals surface area contributed by atoms with Crippen LogP contribution in [0, 0.1) is 42.2 Å². The Labute approximate surface area is 186 Å². The maximum atomic E-state index is 13.2. The number of nitrogens with two attached hydrogens (primary N) is 1. The first-order chi connectivity index (χ1) is 15.2. The number of non-ortho nitro benzene ring substituents is 1. The molecule has 1 heterocycles. The van der Waals surface area contributed by atoms with Gasteiger partial charge in [-0.05, 0) is 50.3 Å². The number of Topliss-reactive ketones (excluding diaryl/α,β-unsaturated/α-hetero) is 1. The third-order valence-electron chi connectivity index (χ3n) is 6.30. The van der Waals surface area contributed by atoms with Gasteiger partial charge in [-0.2, -0.15) is 5.26 Å². The molecule has 0 fully saturated rings. The first kappa shape index (κ1) is 21.3. The van der Waals surface area contributed by atoms with Gasteiger partial charge in [0.25, 0.3) is 5.69 Å². The molecule has 0 saturated heterocycles. The SMILES string of the molecule is Cc1ccc(C)c([C@@H]2C(C#N)=C(N)N(c3cc([N+](=O)[O-])ccc3C)C3=C2C(=O)CCC3)c1. The number of rotatable bonds is 3. The lowest BCUT2D eigenvalue weighted by molar-refractivity contribution is -0.384. The summed E-state index contributed by atoms with van der Waals surface area (Å²) in [5, 5.41) is 21.6. The van der Waals surface area contributed by atoms with Crippen molar-refractivity contribution < 1.29 is 9.72 Å². The van der Waals surface area contributed by atoms with E-state index in [0.717, 1.165) is 28.0 Å². The highest BCUT2D eigenvalue weighted by Crippen LogP contribution is 2.47. The van der Waals surface area contributed by atoms with Crippen molar-refractivity contribution in [2.45, 2.75) is 46.0 Å². The molecule has 0 saturated carbocycles. The fraction of sp³-hybridized carbons (Fsp3) is 0.280. The normalized spacial score (nSPS) is 18.5. The monoisotopic (exact) mass is 428 g/mol. The number of nitro benzene ring substituents is 1. The molecule has 0 spiro atoms. The van der Waals surface area contributed by atoms with E-state index in [1.54, 1.807) is 11.0 Å². The number of carbonyl (C=O) groups is 1. The van der Waals surface area contributed by atoms with Crippen molar-refractivity contribution in [3.05, 3.63) is 91.4 Å². The van der Waals surface area contributed by atoms with Crippen LogP contribution in [0.3, 0.4) is 0 Å². The summed E-state index contributed by atoms with van der Waals surface area (Å²) in [7, 11) is 0. The van der Waals surface area contributed by atoms with E-state index >= 15 is 0 Å². The quantitative estimate of drug-likeness (QED) is 0.554. The summed E-state index contributed by atoms with van der Waals surface area (Å²) >= 11 is 0. The van der Waals surface area contributed by atoms with Crippen LogP contribution in [0.15, 0.2) is 59.1 Å². The average molecular weight is 428 g/mol. The maximum Gasteiger partial charge on any atom is 0.271 e. The van der Waals surface area contributed by atoms with E-state index in [2.05, 4.69) is 6.07 Å². The number of aryl methyl sites for hydroxylation is 3. The molecule has 0 radical (unpaired) electrons. The lowest BCUT2D eigenvalue weighted by Crippen LogP contribution is -2.39. The molecule has 2 aliphatic rings. The molecule has 32 heavy (non-hydrogen) atoms. The van der Waals surface area contributed by atoms with Crippen molar-refractivity contribution in [3.63, 3.8) is 0 Å². The van der Waals surface area contributed by atoms with Gasteiger partial charge in [0.2, 0.25) is 0 Å². The van der Waals surface area contributed by atoms with Gasteiger partial charge >= 0.3 is 0 Å². The minimum Gasteiger partial charge on any atom is -0.384 e. The molecular formula is C25H24N4O3. The van der Waals surface area contributed by atoms with Crippen LogP contribution in [0.2, 0.25) is 0 Å². The van der Waals surface area contributed by atoms with Crippen molar-refractivity contribution in [2.24, 2.45) is 5.73 Å². The second kappa shape index (κ2) is 7.97. The van der Waals surface area contributed by atoms with E-state index in [1.807, 2.05) is 39.0 Å². The maximum absolute atomic E-state index is 13.2. The summed E-state index contributed by atoms with van der Waals surface area (Å²) < 4.78 is 0. The highest BCUT2D eigenvalue weighted by Gasteiger charge is 2.41. The van der Waals surface area contributed by atoms with Crippen LogP contribution in [-0.2, 0) is 4.79 Å². The van der Waals surface area contributed by atoms with Gasteiger partial charge in [-0.25, -0.2) is 0 Å². The predicted molar refractivity (Wildman–Crippen MR) is 122 cm³/mol. The van der Waals surface area contributed by atoms with E-state index in [4.69, 9.17) is 5.73 Å². The van der Waals surface area contributed by atoms with Crippen LogP contribution in [-0.4, -0.2) is 10.7 Å². The first-order valence-corrected chi connectivity index (χ1v) is 10.5. The average Bonchev–Trinajstić information content (AvgIpc) is 2.75. The summed E-state index contributed by atoms with van der Waals surface area (Å²) in [5.41, 5.74) is 12.3. The molecule has 4 rings (SSSR count). The summed E-state index contributed by atoms with van der Waals surface area (Å²) in [6.07, 6.45) is 1.67. The van der Waals surface area contributed by atoms with Gasteiger partial charge in [0.1, 0.15) is 5.82 Å². The first-order valence-electron chi connectivity index (χ1n) is 10.5. The van der Waals surface area contributed by atoms with Gasteiger partial charge < -0.3 is 5.73 Å². The molecule has 2 aromatic rings. The van der Waals surface area contributed by atoms with Gasteiger partial charge in [-0.1, -0.05) is 29.8 Å². The second-order valence-electron chi connectivity index (χ2n) is 8.40. The largest absolute Gasteiger partial charge is 0.384 e. The third-order valence-corrected chi connectivity index (χ3v) is 6.30. The van der Waals surface area contributed by atoms with Gasteiger partial charge in [0.05, 0.1) is 28.2 Å². The lowest BCUT2D eigenvalue weighted by atomic mass is 9.74. The summed E-state index contributed by atoms with van der Waals surface area (Å²) in [5.74, 6) is -0.334. The van der Waals surface area contributed by atoms with Gasteiger partial charge in [-0.3, -0.25) is 19.8 Å². The number of hydrogen-bond donors (Lipinski definition) is 1. The van der Waals surface area contributed by atoms with Crippen molar-refractivity contribution in [3.8, 4) is 6.07 Å². The lowest BCUT2D eigenvalue weighted by Gasteiger charge is -2.40. The Kier molecular flexibility index (Phi) is 5.31. The molecule has 0 amide bonds. The molecule has 7 heteroatoms. The molecule has 7 nitrogen and oxygen atoms in total. The van der Waals surface area contributed by atoms with Crippen LogP contribution >= 0.6 is 0 Å². The number of nitriles is 1. The minimum atomic E-state index is -0.544. The van der Waals surface area contributed by atoms with Crippen molar-refractivity contribution >= 4 is 17.2 Å². The van der Waals surface area contributed by atoms with Gasteiger partial charge in [0.15, 0.2) is 5.78 Å². The standard InChI is InChI=1S/C25H24N4O3/c1-14-7-8-15(2)18(11-14)23-19(13-26)25(27)28(20-5-4-6-22(30)24(20)23)21-12-17(29(31)32)10-9-16(21)3/h7-12,23H,4-6,27H2,1-3H3/t23-/m1/s1.